The van der Waals surface area contributed by atoms with Gasteiger partial charge in [0.25, 0.3) is 5.92 Å². The highest BCUT2D eigenvalue weighted by Gasteiger charge is 2.42. The molecule has 39 heavy (non-hydrogen) atoms. The number of anilines is 1. The average molecular weight is 549 g/mol. The van der Waals surface area contributed by atoms with E-state index in [1.807, 2.05) is 12.1 Å². The summed E-state index contributed by atoms with van der Waals surface area (Å²) in [6.45, 7) is 11.0. The molecule has 10 heteroatoms. The summed E-state index contributed by atoms with van der Waals surface area (Å²) in [7, 11) is 1.64. The van der Waals surface area contributed by atoms with Gasteiger partial charge in [0.2, 0.25) is 0 Å². The normalized spacial score (nSPS) is 25.1. The van der Waals surface area contributed by atoms with E-state index in [0.29, 0.717) is 43.1 Å². The smallest absolute Gasteiger partial charge is 0.250 e. The second-order valence-electron chi connectivity index (χ2n) is 11.8. The number of amidine groups is 1. The zero-order valence-corrected chi connectivity index (χ0v) is 23.9. The third-order valence-corrected chi connectivity index (χ3v) is 8.89. The van der Waals surface area contributed by atoms with Crippen LogP contribution in [0.4, 0.5) is 14.5 Å². The van der Waals surface area contributed by atoms with Gasteiger partial charge in [-0.15, -0.1) is 0 Å². The number of hydrogen-bond donors (Lipinski definition) is 1. The predicted octanol–water partition coefficient (Wildman–Crippen LogP) is 3.97. The largest absolute Gasteiger partial charge is 0.493 e. The maximum absolute atomic E-state index is 14.1. The number of ether oxygens (including phenoxy) is 2. The Balaban J connectivity index is 1.41. The summed E-state index contributed by atoms with van der Waals surface area (Å²) in [6.07, 6.45) is 4.76. The van der Waals surface area contributed by atoms with Crippen LogP contribution in [0.25, 0.3) is 0 Å². The molecule has 1 unspecified atom stereocenters. The van der Waals surface area contributed by atoms with Crippen LogP contribution in [0.1, 0.15) is 64.4 Å². The lowest BCUT2D eigenvalue weighted by Gasteiger charge is -2.49. The minimum Gasteiger partial charge on any atom is -0.493 e. The van der Waals surface area contributed by atoms with E-state index >= 15 is 0 Å². The summed E-state index contributed by atoms with van der Waals surface area (Å²) < 4.78 is 40.2. The topological polar surface area (TPSA) is 69.8 Å². The third-order valence-electron chi connectivity index (χ3n) is 8.89. The number of likely N-dealkylation sites (tertiary alicyclic amines) is 3. The van der Waals surface area contributed by atoms with Crippen LogP contribution in [0, 0.1) is 0 Å². The monoisotopic (exact) mass is 548 g/mol. The van der Waals surface area contributed by atoms with Crippen molar-refractivity contribution in [3.63, 3.8) is 0 Å². The maximum Gasteiger partial charge on any atom is 0.250 e. The van der Waals surface area contributed by atoms with Crippen molar-refractivity contribution in [1.29, 1.82) is 0 Å². The Morgan fingerprint density at radius 2 is 1.72 bits per heavy atom. The van der Waals surface area contributed by atoms with Gasteiger partial charge in [0.15, 0.2) is 17.8 Å². The van der Waals surface area contributed by atoms with Crippen LogP contribution in [0.2, 0.25) is 0 Å². The average Bonchev–Trinajstić information content (AvgIpc) is 3.44. The van der Waals surface area contributed by atoms with Crippen molar-refractivity contribution >= 4 is 11.5 Å². The van der Waals surface area contributed by atoms with Gasteiger partial charge in [0, 0.05) is 69.3 Å². The predicted molar refractivity (Wildman–Crippen MR) is 151 cm³/mol. The Morgan fingerprint density at radius 3 is 2.36 bits per heavy atom. The number of rotatable bonds is 9. The standard InChI is InChI=1S/C29H46F2N6O2/c1-21(2)35-14-7-22(8-15-35)37-24-20-26(39-18-6-13-34-11-4-5-12-34)25(38-3)19-23(24)27(32)33-28(37)36-16-9-29(30,31)10-17-36/h19-22,28H,4-18H2,1-3H3,(H2,32,33). The molecule has 4 aliphatic rings. The molecule has 4 heterocycles. The molecule has 5 rings (SSSR count). The zero-order valence-electron chi connectivity index (χ0n) is 23.9. The van der Waals surface area contributed by atoms with Crippen molar-refractivity contribution in [2.75, 3.05) is 64.4 Å². The first-order valence-electron chi connectivity index (χ1n) is 14.8. The second-order valence-corrected chi connectivity index (χ2v) is 11.8. The van der Waals surface area contributed by atoms with Gasteiger partial charge in [0.1, 0.15) is 5.84 Å². The highest BCUT2D eigenvalue weighted by atomic mass is 19.3. The van der Waals surface area contributed by atoms with E-state index in [2.05, 4.69) is 33.4 Å². The Bertz CT molecular complexity index is 998. The molecule has 0 aromatic heterocycles. The number of hydrogen-bond acceptors (Lipinski definition) is 8. The number of nitrogens with two attached hydrogens (primary N) is 1. The van der Waals surface area contributed by atoms with Gasteiger partial charge in [-0.1, -0.05) is 0 Å². The molecule has 3 saturated heterocycles. The second kappa shape index (κ2) is 12.1. The molecule has 1 atom stereocenters. The summed E-state index contributed by atoms with van der Waals surface area (Å²) >= 11 is 0. The van der Waals surface area contributed by atoms with E-state index in [9.17, 15) is 8.78 Å². The summed E-state index contributed by atoms with van der Waals surface area (Å²) in [5.41, 5.74) is 8.34. The molecule has 3 fully saturated rings. The number of piperidine rings is 2. The van der Waals surface area contributed by atoms with Crippen molar-refractivity contribution in [3.8, 4) is 11.5 Å². The van der Waals surface area contributed by atoms with Gasteiger partial charge in [-0.2, -0.15) is 0 Å². The number of benzene rings is 1. The van der Waals surface area contributed by atoms with Crippen LogP contribution in [0.5, 0.6) is 11.5 Å². The van der Waals surface area contributed by atoms with E-state index in [0.717, 1.165) is 50.1 Å². The fraction of sp³-hybridized carbons (Fsp3) is 0.759. The van der Waals surface area contributed by atoms with Crippen LogP contribution in [0.15, 0.2) is 17.1 Å². The Hall–Kier alpha value is -2.17. The van der Waals surface area contributed by atoms with E-state index < -0.39 is 12.2 Å². The number of nitrogens with zero attached hydrogens (tertiary/aromatic N) is 5. The van der Waals surface area contributed by atoms with Gasteiger partial charge in [-0.25, -0.2) is 13.8 Å². The van der Waals surface area contributed by atoms with Crippen molar-refractivity contribution in [2.24, 2.45) is 10.7 Å². The number of aliphatic imine (C=N–C) groups is 1. The highest BCUT2D eigenvalue weighted by molar-refractivity contribution is 6.05. The first-order chi connectivity index (χ1) is 18.8. The first kappa shape index (κ1) is 28.4. The SMILES string of the molecule is COc1cc2c(cc1OCCCN1CCCC1)N(C1CCN(C(C)C)CC1)C(N1CCC(F)(F)CC1)N=C2N. The van der Waals surface area contributed by atoms with Crippen molar-refractivity contribution < 1.29 is 18.3 Å². The van der Waals surface area contributed by atoms with Gasteiger partial charge < -0.3 is 29.9 Å². The summed E-state index contributed by atoms with van der Waals surface area (Å²) in [6, 6.07) is 4.70. The maximum atomic E-state index is 14.1. The molecule has 0 spiro atoms. The van der Waals surface area contributed by atoms with Gasteiger partial charge in [-0.05, 0) is 65.1 Å². The van der Waals surface area contributed by atoms with Gasteiger partial charge >= 0.3 is 0 Å². The summed E-state index contributed by atoms with van der Waals surface area (Å²) in [5, 5.41) is 0. The number of fused-ring (bicyclic) bond motifs is 1. The number of halogens is 2. The fourth-order valence-corrected chi connectivity index (χ4v) is 6.50. The highest BCUT2D eigenvalue weighted by Crippen LogP contribution is 2.42. The molecule has 0 radical (unpaired) electrons. The molecular formula is C29H46F2N6O2. The van der Waals surface area contributed by atoms with Crippen LogP contribution in [0.3, 0.4) is 0 Å². The van der Waals surface area contributed by atoms with E-state index in [1.54, 1.807) is 7.11 Å². The third kappa shape index (κ3) is 6.43. The molecule has 1 aromatic carbocycles. The Kier molecular flexibility index (Phi) is 8.83. The summed E-state index contributed by atoms with van der Waals surface area (Å²) in [5.74, 6) is -0.864. The lowest BCUT2D eigenvalue weighted by molar-refractivity contribution is -0.0634. The van der Waals surface area contributed by atoms with Gasteiger partial charge in [0.05, 0.1) is 19.4 Å². The Morgan fingerprint density at radius 1 is 1.03 bits per heavy atom. The van der Waals surface area contributed by atoms with E-state index in [4.69, 9.17) is 20.2 Å². The van der Waals surface area contributed by atoms with Gasteiger partial charge in [-0.3, -0.25) is 4.90 Å². The molecule has 8 nitrogen and oxygen atoms in total. The van der Waals surface area contributed by atoms with Crippen LogP contribution in [-0.4, -0.2) is 104 Å². The number of methoxy groups -OCH3 is 1. The lowest BCUT2D eigenvalue weighted by Crippen LogP contribution is -2.59. The minimum atomic E-state index is -2.62. The number of alkyl halides is 2. The first-order valence-corrected chi connectivity index (χ1v) is 14.8. The zero-order chi connectivity index (χ0) is 27.6. The molecule has 4 aliphatic heterocycles. The molecule has 0 saturated carbocycles. The van der Waals surface area contributed by atoms with E-state index in [1.165, 1.54) is 25.9 Å². The minimum absolute atomic E-state index is 0.153. The molecule has 2 N–H and O–H groups in total. The molecule has 0 amide bonds. The van der Waals surface area contributed by atoms with Crippen molar-refractivity contribution in [1.82, 2.24) is 14.7 Å². The molecule has 1 aromatic rings. The summed E-state index contributed by atoms with van der Waals surface area (Å²) in [4.78, 5) is 14.3. The molecule has 218 valence electrons. The lowest BCUT2D eigenvalue weighted by atomic mass is 9.97. The van der Waals surface area contributed by atoms with Crippen LogP contribution in [-0.2, 0) is 0 Å². The fourth-order valence-electron chi connectivity index (χ4n) is 6.50. The quantitative estimate of drug-likeness (QED) is 0.469. The Labute approximate surface area is 232 Å². The van der Waals surface area contributed by atoms with Crippen molar-refractivity contribution in [3.05, 3.63) is 17.7 Å². The van der Waals surface area contributed by atoms with Crippen LogP contribution >= 0.6 is 0 Å². The van der Waals surface area contributed by atoms with Crippen molar-refractivity contribution in [2.45, 2.75) is 83.1 Å². The molecule has 0 bridgehead atoms. The molecular weight excluding hydrogens is 502 g/mol. The van der Waals surface area contributed by atoms with E-state index in [-0.39, 0.29) is 18.9 Å². The van der Waals surface area contributed by atoms with Crippen LogP contribution < -0.4 is 20.1 Å². The molecule has 0 aliphatic carbocycles.